The Kier molecular flexibility index (Phi) is 6.50. The van der Waals surface area contributed by atoms with Gasteiger partial charge in [0.2, 0.25) is 5.52 Å². The molecule has 0 aliphatic heterocycles. The summed E-state index contributed by atoms with van der Waals surface area (Å²) in [6.45, 7) is 2.62. The number of hydrogen-bond acceptors (Lipinski definition) is 4. The van der Waals surface area contributed by atoms with Crippen molar-refractivity contribution in [1.82, 2.24) is 0 Å². The van der Waals surface area contributed by atoms with Crippen LogP contribution in [0.1, 0.15) is 24.8 Å². The monoisotopic (exact) mass is 392 g/mol. The van der Waals surface area contributed by atoms with Crippen LogP contribution in [-0.4, -0.2) is 25.0 Å². The third-order valence-corrected chi connectivity index (χ3v) is 6.45. The first-order valence-corrected chi connectivity index (χ1v) is 11.2. The summed E-state index contributed by atoms with van der Waals surface area (Å²) in [6, 6.07) is 5.72. The van der Waals surface area contributed by atoms with E-state index in [4.69, 9.17) is 16.2 Å². The number of thioether (sulfide) groups is 1. The molecule has 2 aromatic rings. The molecule has 0 unspecified atom stereocenters. The number of halogens is 1. The van der Waals surface area contributed by atoms with E-state index in [1.54, 1.807) is 23.1 Å². The predicted molar refractivity (Wildman–Crippen MR) is 99.8 cm³/mol. The lowest BCUT2D eigenvalue weighted by molar-refractivity contribution is -0.668. The van der Waals surface area contributed by atoms with Gasteiger partial charge in [0.1, 0.15) is 4.70 Å². The van der Waals surface area contributed by atoms with E-state index in [0.29, 0.717) is 18.0 Å². The molecule has 1 aromatic heterocycles. The SMILES string of the molecule is CC/C(=C\c1sc2ccc(Cl)cc2[n+]1CCCS(=O)(=O)O)SC. The second-order valence-corrected chi connectivity index (χ2v) is 9.02. The van der Waals surface area contributed by atoms with Gasteiger partial charge in [-0.3, -0.25) is 4.55 Å². The van der Waals surface area contributed by atoms with Crippen molar-refractivity contribution < 1.29 is 17.5 Å². The van der Waals surface area contributed by atoms with Gasteiger partial charge in [0.15, 0.2) is 6.54 Å². The maximum atomic E-state index is 10.9. The van der Waals surface area contributed by atoms with Crippen molar-refractivity contribution in [3.8, 4) is 0 Å². The summed E-state index contributed by atoms with van der Waals surface area (Å²) >= 11 is 9.46. The first-order chi connectivity index (χ1) is 10.8. The standard InChI is InChI=1S/C15H18ClNO3S3/c1-3-12(21-2)10-15-17(7-4-8-23(18,19)20)13-9-11(16)5-6-14(13)22-15/h5-6,9-10H,3-4,7-8H2,1-2H3/p+1/b12-10+. The second kappa shape index (κ2) is 7.98. The number of fused-ring (bicyclic) bond motifs is 1. The molecule has 0 aliphatic carbocycles. The molecule has 2 rings (SSSR count). The number of benzene rings is 1. The Hall–Kier alpha value is -0.600. The molecule has 1 heterocycles. The smallest absolute Gasteiger partial charge is 0.265 e. The van der Waals surface area contributed by atoms with Crippen LogP contribution in [-0.2, 0) is 16.7 Å². The van der Waals surface area contributed by atoms with Gasteiger partial charge in [-0.1, -0.05) is 29.9 Å². The highest BCUT2D eigenvalue weighted by Crippen LogP contribution is 2.27. The van der Waals surface area contributed by atoms with Crippen LogP contribution in [0.4, 0.5) is 0 Å². The second-order valence-electron chi connectivity index (χ2n) is 5.01. The summed E-state index contributed by atoms with van der Waals surface area (Å²) in [7, 11) is -3.94. The highest BCUT2D eigenvalue weighted by atomic mass is 35.5. The van der Waals surface area contributed by atoms with Gasteiger partial charge < -0.3 is 0 Å². The average molecular weight is 393 g/mol. The number of aryl methyl sites for hydroxylation is 1. The Morgan fingerprint density at radius 1 is 1.48 bits per heavy atom. The number of allylic oxidation sites excluding steroid dienone is 1. The van der Waals surface area contributed by atoms with Crippen molar-refractivity contribution in [1.29, 1.82) is 0 Å². The molecule has 4 nitrogen and oxygen atoms in total. The quantitative estimate of drug-likeness (QED) is 0.565. The molecule has 0 amide bonds. The molecule has 126 valence electrons. The van der Waals surface area contributed by atoms with Crippen LogP contribution < -0.4 is 4.57 Å². The first-order valence-electron chi connectivity index (χ1n) is 7.15. The van der Waals surface area contributed by atoms with Crippen molar-refractivity contribution >= 4 is 61.1 Å². The highest BCUT2D eigenvalue weighted by Gasteiger charge is 2.20. The zero-order valence-corrected chi connectivity index (χ0v) is 16.2. The summed E-state index contributed by atoms with van der Waals surface area (Å²) in [5, 5.41) is 1.71. The van der Waals surface area contributed by atoms with Crippen molar-refractivity contribution in [2.24, 2.45) is 0 Å². The molecule has 0 aliphatic rings. The van der Waals surface area contributed by atoms with Gasteiger partial charge in [-0.15, -0.1) is 11.8 Å². The van der Waals surface area contributed by atoms with E-state index < -0.39 is 10.1 Å². The van der Waals surface area contributed by atoms with Crippen LogP contribution in [0.2, 0.25) is 5.02 Å². The predicted octanol–water partition coefficient (Wildman–Crippen LogP) is 4.23. The third-order valence-electron chi connectivity index (χ3n) is 3.37. The van der Waals surface area contributed by atoms with Gasteiger partial charge in [0.25, 0.3) is 15.1 Å². The van der Waals surface area contributed by atoms with E-state index in [9.17, 15) is 8.42 Å². The summed E-state index contributed by atoms with van der Waals surface area (Å²) in [4.78, 5) is 1.26. The first kappa shape index (κ1) is 18.7. The molecule has 0 saturated carbocycles. The van der Waals surface area contributed by atoms with Crippen LogP contribution >= 0.6 is 34.7 Å². The van der Waals surface area contributed by atoms with E-state index in [1.807, 2.05) is 24.5 Å². The Balaban J connectivity index is 2.44. The average Bonchev–Trinajstić information content (AvgIpc) is 2.81. The van der Waals surface area contributed by atoms with E-state index in [1.165, 1.54) is 4.91 Å². The fourth-order valence-electron chi connectivity index (χ4n) is 2.26. The molecule has 0 fully saturated rings. The number of hydrogen-bond donors (Lipinski definition) is 1. The third kappa shape index (κ3) is 5.19. The highest BCUT2D eigenvalue weighted by molar-refractivity contribution is 8.02. The topological polar surface area (TPSA) is 58.2 Å². The molecule has 0 spiro atoms. The molecule has 0 bridgehead atoms. The lowest BCUT2D eigenvalue weighted by Gasteiger charge is -2.00. The van der Waals surface area contributed by atoms with E-state index in [0.717, 1.165) is 21.6 Å². The van der Waals surface area contributed by atoms with Gasteiger partial charge in [-0.05, 0) is 29.7 Å². The summed E-state index contributed by atoms with van der Waals surface area (Å²) in [6.07, 6.45) is 5.48. The van der Waals surface area contributed by atoms with Gasteiger partial charge in [0, 0.05) is 23.6 Å². The molecular weight excluding hydrogens is 374 g/mol. The molecule has 1 aromatic carbocycles. The fourth-order valence-corrected chi connectivity index (χ4v) is 4.65. The molecule has 0 radical (unpaired) electrons. The van der Waals surface area contributed by atoms with Crippen LogP contribution in [0.25, 0.3) is 16.3 Å². The van der Waals surface area contributed by atoms with Gasteiger partial charge in [0.05, 0.1) is 5.75 Å². The number of thiazole rings is 1. The summed E-state index contributed by atoms with van der Waals surface area (Å²) in [5.41, 5.74) is 0.987. The number of rotatable bonds is 7. The van der Waals surface area contributed by atoms with E-state index >= 15 is 0 Å². The van der Waals surface area contributed by atoms with Gasteiger partial charge in [-0.25, -0.2) is 0 Å². The maximum absolute atomic E-state index is 10.9. The zero-order chi connectivity index (χ0) is 17.0. The Morgan fingerprint density at radius 3 is 2.83 bits per heavy atom. The maximum Gasteiger partial charge on any atom is 0.265 e. The van der Waals surface area contributed by atoms with Crippen LogP contribution in [0.3, 0.4) is 0 Å². The lowest BCUT2D eigenvalue weighted by atomic mass is 10.3. The van der Waals surface area contributed by atoms with Crippen molar-refractivity contribution in [2.45, 2.75) is 26.3 Å². The molecule has 1 N–H and O–H groups in total. The number of nitrogens with zero attached hydrogens (tertiary/aromatic N) is 1. The molecule has 23 heavy (non-hydrogen) atoms. The number of aromatic nitrogens is 1. The van der Waals surface area contributed by atoms with Gasteiger partial charge in [-0.2, -0.15) is 13.0 Å². The van der Waals surface area contributed by atoms with E-state index in [2.05, 4.69) is 17.6 Å². The Bertz CT molecular complexity index is 822. The lowest BCUT2D eigenvalue weighted by Crippen LogP contribution is -2.36. The van der Waals surface area contributed by atoms with Crippen molar-refractivity contribution in [3.05, 3.63) is 33.1 Å². The Morgan fingerprint density at radius 2 is 2.22 bits per heavy atom. The molecular formula is C15H19ClNO3S3+. The van der Waals surface area contributed by atoms with E-state index in [-0.39, 0.29) is 5.75 Å². The minimum atomic E-state index is -3.94. The fraction of sp³-hybridized carbons (Fsp3) is 0.400. The minimum Gasteiger partial charge on any atom is -0.286 e. The van der Waals surface area contributed by atoms with Crippen molar-refractivity contribution in [3.63, 3.8) is 0 Å². The largest absolute Gasteiger partial charge is 0.286 e. The van der Waals surface area contributed by atoms with Crippen LogP contribution in [0, 0.1) is 0 Å². The van der Waals surface area contributed by atoms with Crippen molar-refractivity contribution in [2.75, 3.05) is 12.0 Å². The Labute approximate surface area is 149 Å². The van der Waals surface area contributed by atoms with Gasteiger partial charge >= 0.3 is 0 Å². The van der Waals surface area contributed by atoms with Crippen LogP contribution in [0.15, 0.2) is 23.1 Å². The van der Waals surface area contributed by atoms with Crippen LogP contribution in [0.5, 0.6) is 0 Å². The molecule has 0 atom stereocenters. The molecule has 8 heteroatoms. The molecule has 0 saturated heterocycles. The summed E-state index contributed by atoms with van der Waals surface area (Å²) < 4.78 is 34.0. The zero-order valence-electron chi connectivity index (χ0n) is 13.0. The minimum absolute atomic E-state index is 0.246. The summed E-state index contributed by atoms with van der Waals surface area (Å²) in [5.74, 6) is -0.246. The normalized spacial score (nSPS) is 13.0.